The molecule has 0 aliphatic carbocycles. The van der Waals surface area contributed by atoms with Crippen LogP contribution in [-0.4, -0.2) is 96.7 Å². The molecule has 0 rings (SSSR count). The average Bonchev–Trinajstić information content (AvgIpc) is 3.44. The van der Waals surface area contributed by atoms with Gasteiger partial charge in [-0.05, 0) is 43.4 Å². The second-order valence-electron chi connectivity index (χ2n) is 24.3. The highest BCUT2D eigenvalue weighted by Gasteiger charge is 2.30. The fourth-order valence-electron chi connectivity index (χ4n) is 9.45. The molecule has 3 unspecified atom stereocenters. The molecule has 0 aromatic heterocycles. The molecular formula is C64H124O17P2. The van der Waals surface area contributed by atoms with Crippen LogP contribution in [0.15, 0.2) is 0 Å². The first-order valence-electron chi connectivity index (χ1n) is 33.4. The predicted octanol–water partition coefficient (Wildman–Crippen LogP) is 17.5. The number of rotatable bonds is 62. The highest BCUT2D eigenvalue weighted by molar-refractivity contribution is 7.47. The van der Waals surface area contributed by atoms with Crippen molar-refractivity contribution in [1.29, 1.82) is 0 Å². The maximum atomic E-state index is 13.0. The average molecular weight is 1230 g/mol. The first-order chi connectivity index (χ1) is 39.8. The Bertz CT molecular complexity index is 1650. The van der Waals surface area contributed by atoms with Crippen LogP contribution in [0.5, 0.6) is 0 Å². The van der Waals surface area contributed by atoms with E-state index in [-0.39, 0.29) is 25.7 Å². The topological polar surface area (TPSA) is 237 Å². The Morgan fingerprint density at radius 3 is 0.916 bits per heavy atom. The third-order valence-electron chi connectivity index (χ3n) is 15.0. The zero-order valence-electron chi connectivity index (χ0n) is 53.6. The monoisotopic (exact) mass is 1230 g/mol. The first kappa shape index (κ1) is 81.1. The molecule has 492 valence electrons. The number of carbonyl (C=O) groups is 4. The molecule has 6 atom stereocenters. The molecule has 3 N–H and O–H groups in total. The van der Waals surface area contributed by atoms with Crippen molar-refractivity contribution in [2.24, 2.45) is 17.8 Å². The van der Waals surface area contributed by atoms with Crippen LogP contribution in [-0.2, 0) is 65.4 Å². The van der Waals surface area contributed by atoms with E-state index < -0.39 is 97.5 Å². The van der Waals surface area contributed by atoms with E-state index in [2.05, 4.69) is 48.5 Å². The van der Waals surface area contributed by atoms with E-state index >= 15 is 0 Å². The van der Waals surface area contributed by atoms with Gasteiger partial charge in [0.05, 0.1) is 26.4 Å². The summed E-state index contributed by atoms with van der Waals surface area (Å²) in [7, 11) is -9.88. The smallest absolute Gasteiger partial charge is 0.462 e. The lowest BCUT2D eigenvalue weighted by Crippen LogP contribution is -2.30. The van der Waals surface area contributed by atoms with Crippen LogP contribution in [0, 0.1) is 17.8 Å². The third-order valence-corrected chi connectivity index (χ3v) is 16.9. The van der Waals surface area contributed by atoms with Gasteiger partial charge in [-0.25, -0.2) is 9.13 Å². The van der Waals surface area contributed by atoms with Crippen LogP contribution in [0.2, 0.25) is 0 Å². The van der Waals surface area contributed by atoms with Crippen LogP contribution < -0.4 is 0 Å². The van der Waals surface area contributed by atoms with Gasteiger partial charge >= 0.3 is 39.5 Å². The highest BCUT2D eigenvalue weighted by Crippen LogP contribution is 2.45. The van der Waals surface area contributed by atoms with Gasteiger partial charge in [0.25, 0.3) is 0 Å². The summed E-state index contributed by atoms with van der Waals surface area (Å²) in [6.07, 6.45) is 36.6. The molecule has 0 heterocycles. The van der Waals surface area contributed by atoms with Crippen molar-refractivity contribution in [2.75, 3.05) is 39.6 Å². The predicted molar refractivity (Wildman–Crippen MR) is 331 cm³/mol. The molecule has 0 saturated carbocycles. The van der Waals surface area contributed by atoms with Crippen molar-refractivity contribution < 1.29 is 80.2 Å². The quantitative estimate of drug-likeness (QED) is 0.0222. The second-order valence-corrected chi connectivity index (χ2v) is 27.3. The van der Waals surface area contributed by atoms with Crippen LogP contribution in [0.4, 0.5) is 0 Å². The summed E-state index contributed by atoms with van der Waals surface area (Å²) >= 11 is 0. The standard InChI is InChI=1S/C64H124O17P2/c1-8-10-11-28-38-45-61(66)74-51-59(80-64(69)48-41-34-27-21-23-30-36-43-56(5)6)53-78-82(70,71)76-49-58(65)50-77-83(72,73)79-54-60(52-75-62(67)46-39-32-25-20-19-24-31-37-44-57(7)9-2)81-63(68)47-40-33-26-18-16-14-12-13-15-17-22-29-35-42-55(3)4/h55-60,65H,8-54H2,1-7H3,(H,70,71)(H,72,73)/t57?,58-,59+,60+/m0/s1. The number of unbranched alkanes of at least 4 members (excludes halogenated alkanes) is 29. The SMILES string of the molecule is CCCCCCCC(=O)OC[C@H](COP(=O)(O)OC[C@H](O)COP(=O)(O)OC[C@@H](COC(=O)CCCCCCCCCCC(C)CC)OC(=O)CCCCCCCCCCCCCCCC(C)C)OC(=O)CCCCCCCCCC(C)C. The minimum absolute atomic E-state index is 0.102. The van der Waals surface area contributed by atoms with E-state index in [9.17, 15) is 43.2 Å². The molecule has 83 heavy (non-hydrogen) atoms. The lowest BCUT2D eigenvalue weighted by atomic mass is 9.99. The summed E-state index contributed by atoms with van der Waals surface area (Å²) in [6, 6.07) is 0. The number of phosphoric ester groups is 2. The number of carbonyl (C=O) groups excluding carboxylic acids is 4. The number of hydrogen-bond acceptors (Lipinski definition) is 15. The number of aliphatic hydroxyl groups is 1. The zero-order chi connectivity index (χ0) is 61.7. The molecule has 17 nitrogen and oxygen atoms in total. The van der Waals surface area contributed by atoms with Gasteiger partial charge in [-0.1, -0.05) is 260 Å². The molecule has 0 amide bonds. The summed E-state index contributed by atoms with van der Waals surface area (Å²) in [4.78, 5) is 72.0. The van der Waals surface area contributed by atoms with Gasteiger partial charge in [0.2, 0.25) is 0 Å². The van der Waals surface area contributed by atoms with E-state index in [1.807, 2.05) is 0 Å². The van der Waals surface area contributed by atoms with Crippen molar-refractivity contribution in [3.05, 3.63) is 0 Å². The summed E-state index contributed by atoms with van der Waals surface area (Å²) in [5.41, 5.74) is 0. The highest BCUT2D eigenvalue weighted by atomic mass is 31.2. The van der Waals surface area contributed by atoms with Crippen molar-refractivity contribution in [2.45, 2.75) is 330 Å². The molecule has 0 saturated heterocycles. The minimum Gasteiger partial charge on any atom is -0.462 e. The Morgan fingerprint density at radius 1 is 0.349 bits per heavy atom. The normalized spacial score (nSPS) is 14.7. The van der Waals surface area contributed by atoms with Crippen molar-refractivity contribution in [1.82, 2.24) is 0 Å². The van der Waals surface area contributed by atoms with Gasteiger partial charge in [-0.15, -0.1) is 0 Å². The number of esters is 4. The minimum atomic E-state index is -4.94. The van der Waals surface area contributed by atoms with Gasteiger partial charge < -0.3 is 33.8 Å². The summed E-state index contributed by atoms with van der Waals surface area (Å²) in [5, 5.41) is 10.5. The Labute approximate surface area is 505 Å². The molecule has 0 fully saturated rings. The second kappa shape index (κ2) is 55.4. The van der Waals surface area contributed by atoms with Crippen LogP contribution in [0.3, 0.4) is 0 Å². The van der Waals surface area contributed by atoms with Gasteiger partial charge in [0.15, 0.2) is 12.2 Å². The molecule has 0 aliphatic rings. The number of phosphoric acid groups is 2. The molecule has 0 aliphatic heterocycles. The molecule has 19 heteroatoms. The van der Waals surface area contributed by atoms with E-state index in [1.165, 1.54) is 116 Å². The third kappa shape index (κ3) is 57.6. The van der Waals surface area contributed by atoms with Crippen LogP contribution in [0.25, 0.3) is 0 Å². The zero-order valence-corrected chi connectivity index (χ0v) is 55.4. The fraction of sp³-hybridized carbons (Fsp3) is 0.938. The fourth-order valence-corrected chi connectivity index (χ4v) is 11.0. The van der Waals surface area contributed by atoms with Crippen molar-refractivity contribution in [3.63, 3.8) is 0 Å². The Kier molecular flexibility index (Phi) is 54.1. The largest absolute Gasteiger partial charge is 0.472 e. The van der Waals surface area contributed by atoms with Gasteiger partial charge in [0.1, 0.15) is 19.3 Å². The molecule has 0 spiro atoms. The maximum absolute atomic E-state index is 13.0. The maximum Gasteiger partial charge on any atom is 0.472 e. The number of hydrogen-bond donors (Lipinski definition) is 3. The molecule has 0 radical (unpaired) electrons. The lowest BCUT2D eigenvalue weighted by Gasteiger charge is -2.21. The summed E-state index contributed by atoms with van der Waals surface area (Å²) in [6.45, 7) is 11.7. The lowest BCUT2D eigenvalue weighted by molar-refractivity contribution is -0.161. The Morgan fingerprint density at radius 2 is 0.614 bits per heavy atom. The Hall–Kier alpha value is -1.94. The van der Waals surface area contributed by atoms with Gasteiger partial charge in [-0.3, -0.25) is 37.3 Å². The summed E-state index contributed by atoms with van der Waals surface area (Å²) in [5.74, 6) is 0.112. The first-order valence-corrected chi connectivity index (χ1v) is 36.4. The van der Waals surface area contributed by atoms with Crippen molar-refractivity contribution >= 4 is 39.5 Å². The Balaban J connectivity index is 5.18. The van der Waals surface area contributed by atoms with E-state index in [0.717, 1.165) is 108 Å². The molecule has 0 aromatic rings. The number of ether oxygens (including phenoxy) is 4. The molecular weight excluding hydrogens is 1100 g/mol. The van der Waals surface area contributed by atoms with Gasteiger partial charge in [0, 0.05) is 25.7 Å². The summed E-state index contributed by atoms with van der Waals surface area (Å²) < 4.78 is 67.8. The van der Waals surface area contributed by atoms with Crippen LogP contribution in [0.1, 0.15) is 312 Å². The number of aliphatic hydroxyl groups excluding tert-OH is 1. The van der Waals surface area contributed by atoms with Crippen molar-refractivity contribution in [3.8, 4) is 0 Å². The van der Waals surface area contributed by atoms with Gasteiger partial charge in [-0.2, -0.15) is 0 Å². The molecule has 0 aromatic carbocycles. The van der Waals surface area contributed by atoms with Crippen LogP contribution >= 0.6 is 15.6 Å². The van der Waals surface area contributed by atoms with E-state index in [0.29, 0.717) is 31.6 Å². The molecule has 0 bridgehead atoms. The van der Waals surface area contributed by atoms with E-state index in [1.54, 1.807) is 0 Å². The van der Waals surface area contributed by atoms with E-state index in [4.69, 9.17) is 37.0 Å².